The predicted molar refractivity (Wildman–Crippen MR) is 95.5 cm³/mol. The molecule has 0 bridgehead atoms. The fourth-order valence-electron chi connectivity index (χ4n) is 2.28. The molecule has 1 heterocycles. The van der Waals surface area contributed by atoms with Crippen molar-refractivity contribution in [2.45, 2.75) is 6.54 Å². The summed E-state index contributed by atoms with van der Waals surface area (Å²) in [6.07, 6.45) is 3.65. The molecule has 0 aliphatic carbocycles. The van der Waals surface area contributed by atoms with Crippen LogP contribution in [0.25, 0.3) is 5.69 Å². The van der Waals surface area contributed by atoms with Crippen LogP contribution in [-0.2, 0) is 6.54 Å². The van der Waals surface area contributed by atoms with Crippen molar-refractivity contribution in [3.8, 4) is 11.4 Å². The Kier molecular flexibility index (Phi) is 4.76. The summed E-state index contributed by atoms with van der Waals surface area (Å²) in [4.78, 5) is 4.38. The van der Waals surface area contributed by atoms with E-state index in [1.807, 2.05) is 65.5 Å². The Labute approximate surface area is 140 Å². The molecule has 3 rings (SSSR count). The second-order valence-electron chi connectivity index (χ2n) is 5.18. The van der Waals surface area contributed by atoms with Crippen molar-refractivity contribution in [3.05, 3.63) is 72.6 Å². The SMILES string of the molecule is COc1cccc(NC(N)=NCc2cccc(-n3cccn3)c2)c1. The van der Waals surface area contributed by atoms with Crippen LogP contribution < -0.4 is 15.8 Å². The van der Waals surface area contributed by atoms with Crippen LogP contribution in [-0.4, -0.2) is 22.8 Å². The predicted octanol–water partition coefficient (Wildman–Crippen LogP) is 2.81. The third-order valence-electron chi connectivity index (χ3n) is 3.45. The van der Waals surface area contributed by atoms with Crippen LogP contribution in [0.15, 0.2) is 72.0 Å². The Morgan fingerprint density at radius 1 is 1.21 bits per heavy atom. The van der Waals surface area contributed by atoms with E-state index in [2.05, 4.69) is 15.4 Å². The summed E-state index contributed by atoms with van der Waals surface area (Å²) in [5, 5.41) is 7.29. The second-order valence-corrected chi connectivity index (χ2v) is 5.18. The maximum atomic E-state index is 5.96. The van der Waals surface area contributed by atoms with E-state index in [9.17, 15) is 0 Å². The van der Waals surface area contributed by atoms with Gasteiger partial charge >= 0.3 is 0 Å². The van der Waals surface area contributed by atoms with E-state index in [1.165, 1.54) is 0 Å². The molecule has 0 amide bonds. The Morgan fingerprint density at radius 2 is 2.08 bits per heavy atom. The second kappa shape index (κ2) is 7.32. The van der Waals surface area contributed by atoms with Gasteiger partial charge in [-0.25, -0.2) is 9.67 Å². The fraction of sp³-hybridized carbons (Fsp3) is 0.111. The molecule has 0 fully saturated rings. The Hall–Kier alpha value is -3.28. The lowest BCUT2D eigenvalue weighted by atomic mass is 10.2. The molecule has 6 nitrogen and oxygen atoms in total. The van der Waals surface area contributed by atoms with Crippen LogP contribution in [0.5, 0.6) is 5.75 Å². The van der Waals surface area contributed by atoms with E-state index in [4.69, 9.17) is 10.5 Å². The molecule has 1 aromatic heterocycles. The molecule has 3 N–H and O–H groups in total. The number of benzene rings is 2. The Balaban J connectivity index is 1.67. The van der Waals surface area contributed by atoms with E-state index >= 15 is 0 Å². The van der Waals surface area contributed by atoms with Crippen molar-refractivity contribution < 1.29 is 4.74 Å². The highest BCUT2D eigenvalue weighted by atomic mass is 16.5. The largest absolute Gasteiger partial charge is 0.497 e. The van der Waals surface area contributed by atoms with Crippen LogP contribution in [0.4, 0.5) is 5.69 Å². The number of anilines is 1. The quantitative estimate of drug-likeness (QED) is 0.559. The zero-order valence-corrected chi connectivity index (χ0v) is 13.4. The Morgan fingerprint density at radius 3 is 2.88 bits per heavy atom. The van der Waals surface area contributed by atoms with Crippen molar-refractivity contribution in [1.82, 2.24) is 9.78 Å². The van der Waals surface area contributed by atoms with E-state index in [0.717, 1.165) is 22.7 Å². The normalized spacial score (nSPS) is 11.3. The number of nitrogens with one attached hydrogen (secondary N) is 1. The number of aromatic nitrogens is 2. The first-order chi connectivity index (χ1) is 11.7. The van der Waals surface area contributed by atoms with Gasteiger partial charge in [0.1, 0.15) is 5.75 Å². The fourth-order valence-corrected chi connectivity index (χ4v) is 2.28. The number of methoxy groups -OCH3 is 1. The first-order valence-corrected chi connectivity index (χ1v) is 7.54. The molecular formula is C18H19N5O. The summed E-state index contributed by atoms with van der Waals surface area (Å²) in [6, 6.07) is 17.4. The minimum absolute atomic E-state index is 0.354. The molecule has 0 aliphatic heterocycles. The summed E-state index contributed by atoms with van der Waals surface area (Å²) in [7, 11) is 1.63. The molecule has 6 heteroatoms. The highest BCUT2D eigenvalue weighted by Gasteiger charge is 2.00. The van der Waals surface area contributed by atoms with Crippen molar-refractivity contribution in [3.63, 3.8) is 0 Å². The van der Waals surface area contributed by atoms with Gasteiger partial charge in [-0.1, -0.05) is 18.2 Å². The molecular weight excluding hydrogens is 302 g/mol. The standard InChI is InChI=1S/C18H19N5O/c1-24-17-8-3-6-15(12-17)22-18(19)20-13-14-5-2-7-16(11-14)23-10-4-9-21-23/h2-12H,13H2,1H3,(H3,19,20,22). The third kappa shape index (κ3) is 3.92. The third-order valence-corrected chi connectivity index (χ3v) is 3.45. The number of hydrogen-bond acceptors (Lipinski definition) is 3. The van der Waals surface area contributed by atoms with Gasteiger partial charge in [0.2, 0.25) is 0 Å². The first kappa shape index (κ1) is 15.6. The number of hydrogen-bond donors (Lipinski definition) is 2. The maximum absolute atomic E-state index is 5.96. The number of guanidine groups is 1. The lowest BCUT2D eigenvalue weighted by Gasteiger charge is -2.08. The molecule has 24 heavy (non-hydrogen) atoms. The van der Waals surface area contributed by atoms with Crippen molar-refractivity contribution in [2.75, 3.05) is 12.4 Å². The highest BCUT2D eigenvalue weighted by Crippen LogP contribution is 2.16. The minimum atomic E-state index is 0.354. The van der Waals surface area contributed by atoms with Crippen molar-refractivity contribution >= 4 is 11.6 Å². The monoisotopic (exact) mass is 321 g/mol. The van der Waals surface area contributed by atoms with Crippen LogP contribution in [0.3, 0.4) is 0 Å². The van der Waals surface area contributed by atoms with Gasteiger partial charge in [-0.15, -0.1) is 0 Å². The number of nitrogens with two attached hydrogens (primary N) is 1. The molecule has 0 saturated heterocycles. The maximum Gasteiger partial charge on any atom is 0.193 e. The van der Waals surface area contributed by atoms with Gasteiger partial charge in [0.25, 0.3) is 0 Å². The van der Waals surface area contributed by atoms with Gasteiger partial charge in [0, 0.05) is 24.1 Å². The Bertz CT molecular complexity index is 827. The average Bonchev–Trinajstić information content (AvgIpc) is 3.15. The first-order valence-electron chi connectivity index (χ1n) is 7.54. The number of aliphatic imine (C=N–C) groups is 1. The van der Waals surface area contributed by atoms with Gasteiger partial charge < -0.3 is 15.8 Å². The molecule has 0 spiro atoms. The summed E-state index contributed by atoms with van der Waals surface area (Å²) in [5.74, 6) is 1.12. The molecule has 3 aromatic rings. The van der Waals surface area contributed by atoms with Gasteiger partial charge in [0.05, 0.1) is 19.3 Å². The zero-order chi connectivity index (χ0) is 16.8. The number of rotatable bonds is 5. The summed E-state index contributed by atoms with van der Waals surface area (Å²) >= 11 is 0. The summed E-state index contributed by atoms with van der Waals surface area (Å²) < 4.78 is 7.00. The molecule has 0 radical (unpaired) electrons. The summed E-state index contributed by atoms with van der Waals surface area (Å²) in [5.41, 5.74) is 8.84. The zero-order valence-electron chi connectivity index (χ0n) is 13.4. The van der Waals surface area contributed by atoms with Crippen LogP contribution in [0.2, 0.25) is 0 Å². The van der Waals surface area contributed by atoms with E-state index in [0.29, 0.717) is 12.5 Å². The van der Waals surface area contributed by atoms with Crippen LogP contribution in [0, 0.1) is 0 Å². The molecule has 0 atom stereocenters. The highest BCUT2D eigenvalue weighted by molar-refractivity contribution is 5.92. The minimum Gasteiger partial charge on any atom is -0.497 e. The summed E-state index contributed by atoms with van der Waals surface area (Å²) in [6.45, 7) is 0.484. The van der Waals surface area contributed by atoms with Crippen molar-refractivity contribution in [1.29, 1.82) is 0 Å². The number of ether oxygens (including phenoxy) is 1. The van der Waals surface area contributed by atoms with Gasteiger partial charge in [-0.2, -0.15) is 5.10 Å². The lowest BCUT2D eigenvalue weighted by molar-refractivity contribution is 0.415. The van der Waals surface area contributed by atoms with Gasteiger partial charge in [-0.05, 0) is 35.9 Å². The molecule has 2 aromatic carbocycles. The molecule has 0 aliphatic rings. The lowest BCUT2D eigenvalue weighted by Crippen LogP contribution is -2.22. The van der Waals surface area contributed by atoms with E-state index in [1.54, 1.807) is 13.3 Å². The molecule has 122 valence electrons. The number of nitrogens with zero attached hydrogens (tertiary/aromatic N) is 3. The van der Waals surface area contributed by atoms with Gasteiger partial charge in [-0.3, -0.25) is 0 Å². The smallest absolute Gasteiger partial charge is 0.193 e. The van der Waals surface area contributed by atoms with Crippen molar-refractivity contribution in [2.24, 2.45) is 10.7 Å². The van der Waals surface area contributed by atoms with E-state index < -0.39 is 0 Å². The topological polar surface area (TPSA) is 77.5 Å². The molecule has 0 unspecified atom stereocenters. The van der Waals surface area contributed by atoms with Gasteiger partial charge in [0.15, 0.2) is 5.96 Å². The average molecular weight is 321 g/mol. The van der Waals surface area contributed by atoms with E-state index in [-0.39, 0.29) is 0 Å². The van der Waals surface area contributed by atoms with Crippen LogP contribution >= 0.6 is 0 Å². The molecule has 0 saturated carbocycles. The van der Waals surface area contributed by atoms with Crippen LogP contribution in [0.1, 0.15) is 5.56 Å².